The van der Waals surface area contributed by atoms with Gasteiger partial charge in [0.25, 0.3) is 5.91 Å². The van der Waals surface area contributed by atoms with Crippen LogP contribution in [0.3, 0.4) is 0 Å². The van der Waals surface area contributed by atoms with Crippen LogP contribution < -0.4 is 10.6 Å². The van der Waals surface area contributed by atoms with Gasteiger partial charge in [-0.25, -0.2) is 9.78 Å². The Morgan fingerprint density at radius 2 is 1.38 bits per heavy atom. The van der Waals surface area contributed by atoms with Gasteiger partial charge in [0, 0.05) is 43.6 Å². The standard InChI is InChI=1S/C40H48N4O6/c1-2-3-4-5-6-7-17-24-34(45)42-33(40(48)49)25-26-35(46)44(29-30-18-11-8-12-19-30)28-27-41-38(47)36-37(31-20-13-9-14-21-31)50-39(43-36)32-22-15-10-16-23-32/h8-16,18-23,33H,2-7,17,24-29H2,1H3,(H,41,47)(H,42,45)(H,48,49). The van der Waals surface area contributed by atoms with Crippen LogP contribution in [0.1, 0.15) is 87.2 Å². The molecule has 0 saturated heterocycles. The molecule has 1 atom stereocenters. The van der Waals surface area contributed by atoms with Crippen molar-refractivity contribution >= 4 is 23.7 Å². The molecule has 3 aromatic carbocycles. The number of rotatable bonds is 21. The van der Waals surface area contributed by atoms with Crippen LogP contribution >= 0.6 is 0 Å². The molecular weight excluding hydrogens is 632 g/mol. The average Bonchev–Trinajstić information content (AvgIpc) is 3.59. The molecule has 10 nitrogen and oxygen atoms in total. The van der Waals surface area contributed by atoms with Gasteiger partial charge in [-0.3, -0.25) is 14.4 Å². The van der Waals surface area contributed by atoms with Gasteiger partial charge in [-0.15, -0.1) is 0 Å². The number of aromatic nitrogens is 1. The second kappa shape index (κ2) is 20.3. The van der Waals surface area contributed by atoms with E-state index in [1.165, 1.54) is 19.3 Å². The summed E-state index contributed by atoms with van der Waals surface area (Å²) in [5.74, 6) is -1.57. The van der Waals surface area contributed by atoms with Gasteiger partial charge >= 0.3 is 5.97 Å². The number of carbonyl (C=O) groups is 4. The summed E-state index contributed by atoms with van der Waals surface area (Å²) in [6, 6.07) is 26.8. The van der Waals surface area contributed by atoms with E-state index >= 15 is 0 Å². The number of carbonyl (C=O) groups excluding carboxylic acids is 3. The molecular formula is C40H48N4O6. The molecule has 0 bridgehead atoms. The molecule has 0 saturated carbocycles. The highest BCUT2D eigenvalue weighted by molar-refractivity contribution is 5.98. The minimum atomic E-state index is -1.18. The van der Waals surface area contributed by atoms with Crippen molar-refractivity contribution in [3.63, 3.8) is 0 Å². The fourth-order valence-electron chi connectivity index (χ4n) is 5.64. The molecule has 50 heavy (non-hydrogen) atoms. The number of unbranched alkanes of at least 4 members (excludes halogenated alkanes) is 6. The smallest absolute Gasteiger partial charge is 0.326 e. The SMILES string of the molecule is CCCCCCCCCC(=O)NC(CCC(=O)N(CCNC(=O)c1nc(-c2ccccc2)oc1-c1ccccc1)Cc1ccccc1)C(=O)O. The van der Waals surface area contributed by atoms with Crippen molar-refractivity contribution in [3.8, 4) is 22.8 Å². The lowest BCUT2D eigenvalue weighted by atomic mass is 10.1. The van der Waals surface area contributed by atoms with Crippen LogP contribution in [0.2, 0.25) is 0 Å². The van der Waals surface area contributed by atoms with Crippen LogP contribution in [0.5, 0.6) is 0 Å². The highest BCUT2D eigenvalue weighted by Gasteiger charge is 2.25. The van der Waals surface area contributed by atoms with E-state index in [2.05, 4.69) is 22.5 Å². The van der Waals surface area contributed by atoms with Gasteiger partial charge in [0.2, 0.25) is 17.7 Å². The van der Waals surface area contributed by atoms with Crippen LogP contribution in [0.15, 0.2) is 95.4 Å². The number of hydrogen-bond acceptors (Lipinski definition) is 6. The quantitative estimate of drug-likeness (QED) is 0.0787. The first kappa shape index (κ1) is 37.6. The van der Waals surface area contributed by atoms with Gasteiger partial charge in [0.15, 0.2) is 11.5 Å². The van der Waals surface area contributed by atoms with Gasteiger partial charge in [0.05, 0.1) is 0 Å². The third-order valence-electron chi connectivity index (χ3n) is 8.42. The number of carboxylic acid groups (broad SMARTS) is 1. The zero-order valence-corrected chi connectivity index (χ0v) is 28.8. The van der Waals surface area contributed by atoms with Crippen molar-refractivity contribution < 1.29 is 28.7 Å². The Bertz CT molecular complexity index is 1640. The number of oxazole rings is 1. The molecule has 1 heterocycles. The largest absolute Gasteiger partial charge is 0.480 e. The van der Waals surface area contributed by atoms with Crippen molar-refractivity contribution in [1.29, 1.82) is 0 Å². The van der Waals surface area contributed by atoms with Gasteiger partial charge in [-0.2, -0.15) is 0 Å². The minimum Gasteiger partial charge on any atom is -0.480 e. The molecule has 1 aromatic heterocycles. The van der Waals surface area contributed by atoms with Crippen molar-refractivity contribution in [3.05, 3.63) is 102 Å². The number of nitrogens with one attached hydrogen (secondary N) is 2. The summed E-state index contributed by atoms with van der Waals surface area (Å²) >= 11 is 0. The number of benzene rings is 3. The Kier molecular flexibility index (Phi) is 15.3. The summed E-state index contributed by atoms with van der Waals surface area (Å²) in [6.07, 6.45) is 7.54. The molecule has 0 aliphatic heterocycles. The molecule has 0 spiro atoms. The van der Waals surface area contributed by atoms with Crippen LogP contribution in [0.4, 0.5) is 0 Å². The van der Waals surface area contributed by atoms with Crippen LogP contribution in [0.25, 0.3) is 22.8 Å². The lowest BCUT2D eigenvalue weighted by molar-refractivity contribution is -0.142. The molecule has 0 aliphatic carbocycles. The van der Waals surface area contributed by atoms with E-state index in [-0.39, 0.29) is 56.4 Å². The summed E-state index contributed by atoms with van der Waals surface area (Å²) < 4.78 is 6.08. The molecule has 4 aromatic rings. The number of aliphatic carboxylic acids is 1. The van der Waals surface area contributed by atoms with Crippen LogP contribution in [-0.4, -0.2) is 57.8 Å². The normalized spacial score (nSPS) is 11.5. The number of nitrogens with zero attached hydrogens (tertiary/aromatic N) is 2. The van der Waals surface area contributed by atoms with Gasteiger partial charge in [-0.1, -0.05) is 124 Å². The predicted molar refractivity (Wildman–Crippen MR) is 193 cm³/mol. The molecule has 4 rings (SSSR count). The minimum absolute atomic E-state index is 0.0454. The van der Waals surface area contributed by atoms with Gasteiger partial charge < -0.3 is 25.1 Å². The number of hydrogen-bond donors (Lipinski definition) is 3. The fraction of sp³-hybridized carbons (Fsp3) is 0.375. The van der Waals surface area contributed by atoms with E-state index in [4.69, 9.17) is 4.42 Å². The van der Waals surface area contributed by atoms with Gasteiger partial charge in [-0.05, 0) is 30.5 Å². The van der Waals surface area contributed by atoms with Crippen molar-refractivity contribution in [1.82, 2.24) is 20.5 Å². The zero-order chi connectivity index (χ0) is 35.6. The summed E-state index contributed by atoms with van der Waals surface area (Å²) in [5, 5.41) is 15.3. The third-order valence-corrected chi connectivity index (χ3v) is 8.42. The monoisotopic (exact) mass is 680 g/mol. The Morgan fingerprint density at radius 1 is 0.780 bits per heavy atom. The van der Waals surface area contributed by atoms with Gasteiger partial charge in [0.1, 0.15) is 6.04 Å². The lowest BCUT2D eigenvalue weighted by Gasteiger charge is -2.24. The molecule has 0 aliphatic rings. The Morgan fingerprint density at radius 3 is 2.02 bits per heavy atom. The fourth-order valence-corrected chi connectivity index (χ4v) is 5.64. The maximum absolute atomic E-state index is 13.5. The summed E-state index contributed by atoms with van der Waals surface area (Å²) in [7, 11) is 0. The second-order valence-electron chi connectivity index (χ2n) is 12.4. The third kappa shape index (κ3) is 12.0. The zero-order valence-electron chi connectivity index (χ0n) is 28.8. The topological polar surface area (TPSA) is 142 Å². The van der Waals surface area contributed by atoms with E-state index in [9.17, 15) is 24.3 Å². The molecule has 3 N–H and O–H groups in total. The van der Waals surface area contributed by atoms with Crippen molar-refractivity contribution in [2.24, 2.45) is 0 Å². The summed E-state index contributed by atoms with van der Waals surface area (Å²) in [5.41, 5.74) is 2.46. The molecule has 1 unspecified atom stereocenters. The molecule has 0 fully saturated rings. The van der Waals surface area contributed by atoms with E-state index in [0.717, 1.165) is 30.4 Å². The first-order valence-electron chi connectivity index (χ1n) is 17.6. The first-order valence-corrected chi connectivity index (χ1v) is 17.6. The molecule has 0 radical (unpaired) electrons. The Balaban J connectivity index is 1.36. The number of carboxylic acids is 1. The molecule has 3 amide bonds. The summed E-state index contributed by atoms with van der Waals surface area (Å²) in [4.78, 5) is 57.6. The van der Waals surface area contributed by atoms with E-state index in [0.29, 0.717) is 23.6 Å². The van der Waals surface area contributed by atoms with Crippen LogP contribution in [0, 0.1) is 0 Å². The highest BCUT2D eigenvalue weighted by Crippen LogP contribution is 2.29. The molecule has 264 valence electrons. The maximum Gasteiger partial charge on any atom is 0.326 e. The van der Waals surface area contributed by atoms with E-state index in [1.807, 2.05) is 91.0 Å². The predicted octanol–water partition coefficient (Wildman–Crippen LogP) is 7.26. The number of amides is 3. The maximum atomic E-state index is 13.5. The second-order valence-corrected chi connectivity index (χ2v) is 12.4. The average molecular weight is 681 g/mol. The highest BCUT2D eigenvalue weighted by atomic mass is 16.4. The van der Waals surface area contributed by atoms with E-state index < -0.39 is 17.9 Å². The first-order chi connectivity index (χ1) is 24.4. The lowest BCUT2D eigenvalue weighted by Crippen LogP contribution is -2.42. The Hall–Kier alpha value is -5.25. The van der Waals surface area contributed by atoms with E-state index in [1.54, 1.807) is 4.90 Å². The van der Waals surface area contributed by atoms with Crippen molar-refractivity contribution in [2.75, 3.05) is 13.1 Å². The van der Waals surface area contributed by atoms with Crippen LogP contribution in [-0.2, 0) is 20.9 Å². The van der Waals surface area contributed by atoms with Crippen molar-refractivity contribution in [2.45, 2.75) is 83.7 Å². The Labute approximate surface area is 294 Å². The summed E-state index contributed by atoms with van der Waals surface area (Å²) in [6.45, 7) is 2.74. The molecule has 10 heteroatoms.